The first-order valence-corrected chi connectivity index (χ1v) is 13.3. The van der Waals surface area contributed by atoms with Gasteiger partial charge < -0.3 is 9.67 Å². The first-order chi connectivity index (χ1) is 15.8. The van der Waals surface area contributed by atoms with Crippen LogP contribution in [0.4, 0.5) is 0 Å². The predicted octanol–water partition coefficient (Wildman–Crippen LogP) is 6.41. The van der Waals surface area contributed by atoms with Crippen LogP contribution in [0.25, 0.3) is 10.9 Å². The number of carbonyl (C=O) groups is 1. The SMILES string of the molecule is C=CC[C@@H](C)C1CCc2c(n(Cc3ccc(Cl)cc3)c3c([S@@](C)=O)cccc23)[C@H]1CC(=O)O. The zero-order valence-corrected chi connectivity index (χ0v) is 20.7. The maximum atomic E-state index is 12.7. The van der Waals surface area contributed by atoms with Crippen LogP contribution in [0.2, 0.25) is 5.02 Å². The van der Waals surface area contributed by atoms with Crippen LogP contribution in [-0.2, 0) is 28.6 Å². The highest BCUT2D eigenvalue weighted by Gasteiger charge is 2.38. The van der Waals surface area contributed by atoms with Crippen LogP contribution in [-0.4, -0.2) is 26.1 Å². The molecule has 1 N–H and O–H groups in total. The summed E-state index contributed by atoms with van der Waals surface area (Å²) < 4.78 is 15.0. The smallest absolute Gasteiger partial charge is 0.304 e. The van der Waals surface area contributed by atoms with Crippen LogP contribution >= 0.6 is 11.6 Å². The fourth-order valence-electron chi connectivity index (χ4n) is 5.59. The maximum absolute atomic E-state index is 12.7. The molecule has 6 heteroatoms. The number of carboxylic acid groups (broad SMARTS) is 1. The minimum absolute atomic E-state index is 0.0840. The third-order valence-corrected chi connectivity index (χ3v) is 8.22. The molecule has 4 nitrogen and oxygen atoms in total. The van der Waals surface area contributed by atoms with E-state index in [-0.39, 0.29) is 18.3 Å². The van der Waals surface area contributed by atoms with E-state index in [9.17, 15) is 14.1 Å². The summed E-state index contributed by atoms with van der Waals surface area (Å²) in [7, 11) is -1.17. The summed E-state index contributed by atoms with van der Waals surface area (Å²) in [5.41, 5.74) is 4.34. The van der Waals surface area contributed by atoms with Crippen LogP contribution in [0.5, 0.6) is 0 Å². The van der Waals surface area contributed by atoms with Crippen molar-refractivity contribution in [2.24, 2.45) is 11.8 Å². The van der Waals surface area contributed by atoms with Crippen molar-refractivity contribution in [3.05, 3.63) is 77.0 Å². The Morgan fingerprint density at radius 2 is 2.03 bits per heavy atom. The molecule has 3 aromatic rings. The summed E-state index contributed by atoms with van der Waals surface area (Å²) in [6.45, 7) is 6.68. The zero-order chi connectivity index (χ0) is 23.7. The highest BCUT2D eigenvalue weighted by molar-refractivity contribution is 7.84. The van der Waals surface area contributed by atoms with E-state index in [1.165, 1.54) is 5.56 Å². The minimum atomic E-state index is -1.17. The fourth-order valence-corrected chi connectivity index (χ4v) is 6.48. The van der Waals surface area contributed by atoms with Crippen LogP contribution in [0.15, 0.2) is 60.0 Å². The van der Waals surface area contributed by atoms with Gasteiger partial charge in [-0.15, -0.1) is 6.58 Å². The van der Waals surface area contributed by atoms with Gasteiger partial charge in [0.05, 0.1) is 27.6 Å². The van der Waals surface area contributed by atoms with Gasteiger partial charge in [-0.25, -0.2) is 0 Å². The number of rotatable bonds is 8. The molecule has 1 heterocycles. The number of allylic oxidation sites excluding steroid dienone is 1. The van der Waals surface area contributed by atoms with E-state index in [0.29, 0.717) is 17.5 Å². The van der Waals surface area contributed by atoms with E-state index in [4.69, 9.17) is 11.6 Å². The summed E-state index contributed by atoms with van der Waals surface area (Å²) in [6, 6.07) is 13.7. The van der Waals surface area contributed by atoms with Gasteiger partial charge in [-0.2, -0.15) is 0 Å². The highest BCUT2D eigenvalue weighted by atomic mass is 35.5. The number of para-hydroxylation sites is 1. The molecule has 0 saturated heterocycles. The molecule has 0 saturated carbocycles. The summed E-state index contributed by atoms with van der Waals surface area (Å²) >= 11 is 6.11. The number of aliphatic carboxylic acids is 1. The fraction of sp³-hybridized carbons (Fsp3) is 0.370. The number of hydrogen-bond acceptors (Lipinski definition) is 2. The van der Waals surface area contributed by atoms with Crippen molar-refractivity contribution in [1.29, 1.82) is 0 Å². The van der Waals surface area contributed by atoms with Crippen molar-refractivity contribution in [1.82, 2.24) is 4.57 Å². The molecular formula is C27H30ClNO3S. The molecule has 4 atom stereocenters. The number of halogens is 1. The molecule has 0 fully saturated rings. The Labute approximate surface area is 202 Å². The molecule has 4 rings (SSSR count). The lowest BCUT2D eigenvalue weighted by Crippen LogP contribution is -2.29. The van der Waals surface area contributed by atoms with Crippen LogP contribution in [0.1, 0.15) is 48.9 Å². The van der Waals surface area contributed by atoms with Crippen LogP contribution in [0.3, 0.4) is 0 Å². The lowest BCUT2D eigenvalue weighted by molar-refractivity contribution is -0.138. The average molecular weight is 484 g/mol. The van der Waals surface area contributed by atoms with E-state index in [1.807, 2.05) is 42.5 Å². The molecule has 0 bridgehead atoms. The Morgan fingerprint density at radius 1 is 1.30 bits per heavy atom. The Hall–Kier alpha value is -2.37. The second-order valence-electron chi connectivity index (χ2n) is 9.09. The third kappa shape index (κ3) is 4.67. The van der Waals surface area contributed by atoms with E-state index in [1.54, 1.807) is 6.26 Å². The largest absolute Gasteiger partial charge is 0.481 e. The van der Waals surface area contributed by atoms with Crippen molar-refractivity contribution < 1.29 is 14.1 Å². The van der Waals surface area contributed by atoms with Crippen molar-refractivity contribution in [3.8, 4) is 0 Å². The third-order valence-electron chi connectivity index (χ3n) is 7.02. The molecule has 0 spiro atoms. The lowest BCUT2D eigenvalue weighted by Gasteiger charge is -2.36. The second kappa shape index (κ2) is 9.86. The standard InChI is InChI=1S/C27H30ClNO3S/c1-4-6-17(2)20-13-14-22-21-7-5-8-24(33(3)32)27(21)29(26(22)23(20)15-25(30)31)16-18-9-11-19(28)12-10-18/h4-5,7-12,17,20,23H,1,6,13-16H2,2-3H3,(H,30,31)/t17-,20?,23+,33-/m1/s1. The Morgan fingerprint density at radius 3 is 2.67 bits per heavy atom. The topological polar surface area (TPSA) is 59.3 Å². The minimum Gasteiger partial charge on any atom is -0.481 e. The van der Waals surface area contributed by atoms with Gasteiger partial charge in [0, 0.05) is 34.8 Å². The molecule has 2 aromatic carbocycles. The molecule has 0 aliphatic heterocycles. The number of benzene rings is 2. The molecule has 33 heavy (non-hydrogen) atoms. The van der Waals surface area contributed by atoms with Crippen molar-refractivity contribution in [3.63, 3.8) is 0 Å². The molecule has 174 valence electrons. The zero-order valence-electron chi connectivity index (χ0n) is 19.1. The monoisotopic (exact) mass is 483 g/mol. The molecule has 0 radical (unpaired) electrons. The lowest BCUT2D eigenvalue weighted by atomic mass is 9.70. The van der Waals surface area contributed by atoms with Gasteiger partial charge in [-0.05, 0) is 60.4 Å². The van der Waals surface area contributed by atoms with Gasteiger partial charge in [0.15, 0.2) is 0 Å². The molecule has 1 aromatic heterocycles. The summed E-state index contributed by atoms with van der Waals surface area (Å²) in [6.07, 6.45) is 6.41. The van der Waals surface area contributed by atoms with Crippen LogP contribution in [0, 0.1) is 11.8 Å². The molecule has 1 aliphatic rings. The van der Waals surface area contributed by atoms with E-state index >= 15 is 0 Å². The summed E-state index contributed by atoms with van der Waals surface area (Å²) in [5.74, 6) is -0.317. The van der Waals surface area contributed by atoms with Crippen molar-refractivity contribution in [2.75, 3.05) is 6.26 Å². The number of aromatic nitrogens is 1. The first kappa shape index (κ1) is 23.8. The predicted molar refractivity (Wildman–Crippen MR) is 136 cm³/mol. The van der Waals surface area contributed by atoms with Gasteiger partial charge in [-0.3, -0.25) is 9.00 Å². The normalized spacial score (nSPS) is 19.7. The number of fused-ring (bicyclic) bond motifs is 3. The van der Waals surface area contributed by atoms with Crippen LogP contribution < -0.4 is 0 Å². The molecule has 0 amide bonds. The van der Waals surface area contributed by atoms with Crippen molar-refractivity contribution in [2.45, 2.75) is 50.0 Å². The van der Waals surface area contributed by atoms with Gasteiger partial charge in [0.25, 0.3) is 0 Å². The first-order valence-electron chi connectivity index (χ1n) is 11.4. The quantitative estimate of drug-likeness (QED) is 0.376. The number of nitrogens with zero attached hydrogens (tertiary/aromatic N) is 1. The summed E-state index contributed by atoms with van der Waals surface area (Å²) in [4.78, 5) is 12.8. The Balaban J connectivity index is 1.98. The van der Waals surface area contributed by atoms with Gasteiger partial charge >= 0.3 is 5.97 Å². The van der Waals surface area contributed by atoms with E-state index in [2.05, 4.69) is 24.1 Å². The summed E-state index contributed by atoms with van der Waals surface area (Å²) in [5, 5.41) is 11.6. The van der Waals surface area contributed by atoms with Gasteiger partial charge in [0.1, 0.15) is 0 Å². The van der Waals surface area contributed by atoms with Gasteiger partial charge in [-0.1, -0.05) is 48.9 Å². The molecule has 1 unspecified atom stereocenters. The Bertz CT molecular complexity index is 1210. The van der Waals surface area contributed by atoms with E-state index in [0.717, 1.165) is 46.3 Å². The van der Waals surface area contributed by atoms with E-state index < -0.39 is 16.8 Å². The second-order valence-corrected chi connectivity index (χ2v) is 10.9. The Kier molecular flexibility index (Phi) is 7.10. The number of aryl methyl sites for hydroxylation is 1. The number of carboxylic acids is 1. The van der Waals surface area contributed by atoms with Gasteiger partial charge in [0.2, 0.25) is 0 Å². The molecule has 1 aliphatic carbocycles. The molecular weight excluding hydrogens is 454 g/mol. The van der Waals surface area contributed by atoms with Crippen molar-refractivity contribution >= 4 is 39.3 Å². The average Bonchev–Trinajstić information content (AvgIpc) is 3.09. The highest BCUT2D eigenvalue weighted by Crippen LogP contribution is 2.47. The number of hydrogen-bond donors (Lipinski definition) is 1. The maximum Gasteiger partial charge on any atom is 0.304 e.